The van der Waals surface area contributed by atoms with E-state index in [4.69, 9.17) is 4.74 Å². The van der Waals surface area contributed by atoms with Crippen LogP contribution in [0.25, 0.3) is 0 Å². The molecule has 0 atom stereocenters. The van der Waals surface area contributed by atoms with Gasteiger partial charge in [-0.3, -0.25) is 9.69 Å². The number of methoxy groups -OCH3 is 1. The number of carbonyl (C=O) groups excluding carboxylic acids is 2. The van der Waals surface area contributed by atoms with Gasteiger partial charge in [-0.2, -0.15) is 0 Å². The zero-order chi connectivity index (χ0) is 11.4. The fraction of sp³-hybridized carbons (Fsp3) is 0.778. The van der Waals surface area contributed by atoms with Crippen LogP contribution < -0.4 is 0 Å². The first kappa shape index (κ1) is 12.9. The Bertz CT molecular complexity index is 223. The molecule has 0 aliphatic carbocycles. The van der Waals surface area contributed by atoms with Gasteiger partial charge in [0, 0.05) is 0 Å². The number of rotatable bonds is 4. The molecule has 0 rings (SSSR count). The molecule has 5 heteroatoms. The average Bonchev–Trinajstić information content (AvgIpc) is 1.99. The van der Waals surface area contributed by atoms with Crippen molar-refractivity contribution >= 4 is 11.9 Å². The van der Waals surface area contributed by atoms with Gasteiger partial charge < -0.3 is 9.47 Å². The van der Waals surface area contributed by atoms with Crippen molar-refractivity contribution in [1.29, 1.82) is 0 Å². The Morgan fingerprint density at radius 3 is 2.14 bits per heavy atom. The number of nitrogens with zero attached hydrogens (tertiary/aromatic N) is 1. The molecule has 0 saturated carbocycles. The summed E-state index contributed by atoms with van der Waals surface area (Å²) < 4.78 is 9.44. The van der Waals surface area contributed by atoms with E-state index in [-0.39, 0.29) is 6.54 Å². The topological polar surface area (TPSA) is 55.8 Å². The SMILES string of the molecule is COC(=O)C(C)(C)OC(=O)CN(C)C. The van der Waals surface area contributed by atoms with Crippen LogP contribution in [0.15, 0.2) is 0 Å². The Labute approximate surface area is 84.0 Å². The highest BCUT2D eigenvalue weighted by molar-refractivity contribution is 5.83. The van der Waals surface area contributed by atoms with Gasteiger partial charge in [-0.25, -0.2) is 4.79 Å². The van der Waals surface area contributed by atoms with Crippen LogP contribution in [-0.4, -0.2) is 50.2 Å². The molecule has 0 aliphatic heterocycles. The molecule has 0 spiro atoms. The van der Waals surface area contributed by atoms with E-state index in [2.05, 4.69) is 4.74 Å². The number of esters is 2. The molecule has 0 aromatic heterocycles. The number of hydrogen-bond donors (Lipinski definition) is 0. The molecule has 0 N–H and O–H groups in total. The summed E-state index contributed by atoms with van der Waals surface area (Å²) in [6.07, 6.45) is 0. The van der Waals surface area contributed by atoms with Crippen molar-refractivity contribution in [1.82, 2.24) is 4.90 Å². The van der Waals surface area contributed by atoms with Gasteiger partial charge in [0.05, 0.1) is 13.7 Å². The van der Waals surface area contributed by atoms with Crippen LogP contribution in [0.1, 0.15) is 13.8 Å². The minimum Gasteiger partial charge on any atom is -0.466 e. The van der Waals surface area contributed by atoms with Crippen LogP contribution >= 0.6 is 0 Å². The monoisotopic (exact) mass is 203 g/mol. The van der Waals surface area contributed by atoms with Gasteiger partial charge in [0.25, 0.3) is 0 Å². The van der Waals surface area contributed by atoms with E-state index in [1.807, 2.05) is 0 Å². The highest BCUT2D eigenvalue weighted by Crippen LogP contribution is 2.11. The molecule has 0 fully saturated rings. The maximum absolute atomic E-state index is 11.2. The fourth-order valence-corrected chi connectivity index (χ4v) is 0.863. The first-order valence-corrected chi connectivity index (χ1v) is 4.24. The van der Waals surface area contributed by atoms with E-state index in [0.29, 0.717) is 0 Å². The largest absolute Gasteiger partial charge is 0.466 e. The first-order chi connectivity index (χ1) is 6.29. The van der Waals surface area contributed by atoms with Gasteiger partial charge in [-0.05, 0) is 27.9 Å². The van der Waals surface area contributed by atoms with E-state index in [9.17, 15) is 9.59 Å². The summed E-state index contributed by atoms with van der Waals surface area (Å²) in [5.74, 6) is -1.02. The molecule has 82 valence electrons. The van der Waals surface area contributed by atoms with Crippen LogP contribution in [-0.2, 0) is 19.1 Å². The van der Waals surface area contributed by atoms with Crippen LogP contribution in [0.4, 0.5) is 0 Å². The van der Waals surface area contributed by atoms with E-state index in [1.165, 1.54) is 21.0 Å². The normalized spacial score (nSPS) is 11.3. The Morgan fingerprint density at radius 2 is 1.79 bits per heavy atom. The molecule has 0 unspecified atom stereocenters. The standard InChI is InChI=1S/C9H17NO4/c1-9(2,8(12)13-5)14-7(11)6-10(3)4/h6H2,1-5H3. The number of ether oxygens (including phenoxy) is 2. The van der Waals surface area contributed by atoms with Gasteiger partial charge in [0.2, 0.25) is 5.60 Å². The van der Waals surface area contributed by atoms with Crippen molar-refractivity contribution in [2.24, 2.45) is 0 Å². The highest BCUT2D eigenvalue weighted by Gasteiger charge is 2.33. The zero-order valence-corrected chi connectivity index (χ0v) is 9.29. The van der Waals surface area contributed by atoms with Crippen molar-refractivity contribution in [3.8, 4) is 0 Å². The lowest BCUT2D eigenvalue weighted by Gasteiger charge is -2.22. The predicted molar refractivity (Wildman–Crippen MR) is 50.7 cm³/mol. The lowest BCUT2D eigenvalue weighted by atomic mass is 10.1. The summed E-state index contributed by atoms with van der Waals surface area (Å²) in [6.45, 7) is 3.12. The second kappa shape index (κ2) is 4.95. The van der Waals surface area contributed by atoms with Gasteiger partial charge in [0.15, 0.2) is 0 Å². The maximum atomic E-state index is 11.2. The molecule has 0 aromatic carbocycles. The maximum Gasteiger partial charge on any atom is 0.349 e. The number of likely N-dealkylation sites (N-methyl/N-ethyl adjacent to an activating group) is 1. The molecule has 5 nitrogen and oxygen atoms in total. The van der Waals surface area contributed by atoms with Crippen molar-refractivity contribution in [2.75, 3.05) is 27.7 Å². The van der Waals surface area contributed by atoms with Gasteiger partial charge >= 0.3 is 11.9 Å². The fourth-order valence-electron chi connectivity index (χ4n) is 0.863. The summed E-state index contributed by atoms with van der Waals surface area (Å²) in [5.41, 5.74) is -1.22. The van der Waals surface area contributed by atoms with Crippen molar-refractivity contribution in [3.05, 3.63) is 0 Å². The van der Waals surface area contributed by atoms with Crippen LogP contribution in [0.3, 0.4) is 0 Å². The van der Waals surface area contributed by atoms with Gasteiger partial charge in [-0.1, -0.05) is 0 Å². The van der Waals surface area contributed by atoms with E-state index in [1.54, 1.807) is 19.0 Å². The highest BCUT2D eigenvalue weighted by atomic mass is 16.6. The molecule has 0 radical (unpaired) electrons. The summed E-state index contributed by atoms with van der Waals surface area (Å²) in [7, 11) is 4.74. The number of carbonyl (C=O) groups is 2. The molecular formula is C9H17NO4. The van der Waals surface area contributed by atoms with Crippen molar-refractivity contribution < 1.29 is 19.1 Å². The predicted octanol–water partition coefficient (Wildman–Crippen LogP) is 0.0428. The third kappa shape index (κ3) is 4.23. The summed E-state index contributed by atoms with van der Waals surface area (Å²) in [5, 5.41) is 0. The van der Waals surface area contributed by atoms with Gasteiger partial charge in [0.1, 0.15) is 0 Å². The minimum absolute atomic E-state index is 0.139. The van der Waals surface area contributed by atoms with Crippen LogP contribution in [0.5, 0.6) is 0 Å². The van der Waals surface area contributed by atoms with E-state index < -0.39 is 17.5 Å². The zero-order valence-electron chi connectivity index (χ0n) is 9.29. The van der Waals surface area contributed by atoms with E-state index in [0.717, 1.165) is 0 Å². The Kier molecular flexibility index (Phi) is 4.56. The molecule has 0 aromatic rings. The van der Waals surface area contributed by atoms with Crippen molar-refractivity contribution in [2.45, 2.75) is 19.4 Å². The molecule has 0 aliphatic rings. The van der Waals surface area contributed by atoms with Crippen LogP contribution in [0, 0.1) is 0 Å². The summed E-state index contributed by atoms with van der Waals surface area (Å²) in [4.78, 5) is 24.0. The Hall–Kier alpha value is -1.10. The minimum atomic E-state index is -1.22. The first-order valence-electron chi connectivity index (χ1n) is 4.24. The summed E-state index contributed by atoms with van der Waals surface area (Å²) >= 11 is 0. The quantitative estimate of drug-likeness (QED) is 0.604. The third-order valence-electron chi connectivity index (χ3n) is 1.49. The molecular weight excluding hydrogens is 186 g/mol. The molecule has 0 amide bonds. The van der Waals surface area contributed by atoms with E-state index >= 15 is 0 Å². The molecule has 0 heterocycles. The molecule has 0 saturated heterocycles. The lowest BCUT2D eigenvalue weighted by Crippen LogP contribution is -2.40. The second-order valence-electron chi connectivity index (χ2n) is 3.71. The average molecular weight is 203 g/mol. The van der Waals surface area contributed by atoms with Crippen molar-refractivity contribution in [3.63, 3.8) is 0 Å². The van der Waals surface area contributed by atoms with Gasteiger partial charge in [-0.15, -0.1) is 0 Å². The molecule has 0 bridgehead atoms. The second-order valence-corrected chi connectivity index (χ2v) is 3.71. The third-order valence-corrected chi connectivity index (χ3v) is 1.49. The Morgan fingerprint density at radius 1 is 1.29 bits per heavy atom. The Balaban J connectivity index is 4.22. The number of hydrogen-bond acceptors (Lipinski definition) is 5. The smallest absolute Gasteiger partial charge is 0.349 e. The lowest BCUT2D eigenvalue weighted by molar-refractivity contribution is -0.176. The summed E-state index contributed by atoms with van der Waals surface area (Å²) in [6, 6.07) is 0. The van der Waals surface area contributed by atoms with Crippen LogP contribution in [0.2, 0.25) is 0 Å². The molecule has 14 heavy (non-hydrogen) atoms.